The van der Waals surface area contributed by atoms with E-state index in [9.17, 15) is 19.2 Å². The molecule has 1 saturated heterocycles. The molecule has 0 spiro atoms. The highest BCUT2D eigenvalue weighted by atomic mass is 16.7. The normalized spacial score (nSPS) is 25.8. The van der Waals surface area contributed by atoms with Gasteiger partial charge in [0.2, 0.25) is 0 Å². The van der Waals surface area contributed by atoms with Gasteiger partial charge in [0.25, 0.3) is 0 Å². The molecule has 5 atom stereocenters. The minimum Gasteiger partial charge on any atom is -0.467 e. The third-order valence-corrected chi connectivity index (χ3v) is 4.04. The zero-order valence-corrected chi connectivity index (χ0v) is 16.8. The summed E-state index contributed by atoms with van der Waals surface area (Å²) in [5.41, 5.74) is 0.392. The van der Waals surface area contributed by atoms with Crippen LogP contribution in [0.5, 0.6) is 0 Å². The largest absolute Gasteiger partial charge is 0.467 e. The fraction of sp³-hybridized carbons (Fsp3) is 0.647. The summed E-state index contributed by atoms with van der Waals surface area (Å²) < 4.78 is 27.3. The molecule has 0 aliphatic carbocycles. The molecule has 0 bridgehead atoms. The lowest BCUT2D eigenvalue weighted by Gasteiger charge is -2.43. The average molecular weight is 429 g/mol. The molecule has 30 heavy (non-hydrogen) atoms. The Bertz CT molecular complexity index is 795. The van der Waals surface area contributed by atoms with Crippen molar-refractivity contribution in [1.29, 1.82) is 0 Å². The van der Waals surface area contributed by atoms with Crippen LogP contribution in [0.2, 0.25) is 0 Å². The number of carbonyl (C=O) groups excluding carboxylic acids is 4. The Hall–Kier alpha value is -3.06. The van der Waals surface area contributed by atoms with E-state index >= 15 is 0 Å². The van der Waals surface area contributed by atoms with Crippen molar-refractivity contribution in [3.63, 3.8) is 0 Å². The Morgan fingerprint density at radius 3 is 2.13 bits per heavy atom. The number of esters is 4. The third-order valence-electron chi connectivity index (χ3n) is 4.04. The SMILES string of the molecule is COC(=O)[C@H]1O[C@H](n2cc(CCO)nn2)C(OC(C)=O)C(OC(C)=O)C1OC(C)=O. The van der Waals surface area contributed by atoms with Crippen LogP contribution in [0.4, 0.5) is 0 Å². The van der Waals surface area contributed by atoms with Gasteiger partial charge in [-0.25, -0.2) is 9.48 Å². The van der Waals surface area contributed by atoms with Crippen LogP contribution in [0.3, 0.4) is 0 Å². The number of methoxy groups -OCH3 is 1. The van der Waals surface area contributed by atoms with E-state index in [1.807, 2.05) is 0 Å². The summed E-state index contributed by atoms with van der Waals surface area (Å²) in [6.45, 7) is 3.12. The Morgan fingerprint density at radius 2 is 1.60 bits per heavy atom. The Morgan fingerprint density at radius 1 is 1.03 bits per heavy atom. The summed E-state index contributed by atoms with van der Waals surface area (Å²) in [5, 5.41) is 16.8. The van der Waals surface area contributed by atoms with Crippen molar-refractivity contribution in [2.75, 3.05) is 13.7 Å². The molecule has 3 unspecified atom stereocenters. The number of nitrogens with zero attached hydrogens (tertiary/aromatic N) is 3. The number of carbonyl (C=O) groups is 4. The van der Waals surface area contributed by atoms with Crippen molar-refractivity contribution in [2.45, 2.75) is 57.8 Å². The second-order valence-corrected chi connectivity index (χ2v) is 6.36. The van der Waals surface area contributed by atoms with Gasteiger partial charge in [0.15, 0.2) is 30.6 Å². The predicted octanol–water partition coefficient (Wildman–Crippen LogP) is -1.32. The highest BCUT2D eigenvalue weighted by molar-refractivity contribution is 5.77. The van der Waals surface area contributed by atoms with Gasteiger partial charge in [-0.15, -0.1) is 5.10 Å². The first-order chi connectivity index (χ1) is 14.2. The van der Waals surface area contributed by atoms with Crippen molar-refractivity contribution in [2.24, 2.45) is 0 Å². The van der Waals surface area contributed by atoms with Gasteiger partial charge in [-0.05, 0) is 0 Å². The molecule has 0 radical (unpaired) electrons. The number of hydrogen-bond acceptors (Lipinski definition) is 12. The zero-order valence-electron chi connectivity index (χ0n) is 16.8. The van der Waals surface area contributed by atoms with Gasteiger partial charge in [0, 0.05) is 33.8 Å². The number of aromatic nitrogens is 3. The predicted molar refractivity (Wildman–Crippen MR) is 93.4 cm³/mol. The Balaban J connectivity index is 2.54. The number of aliphatic hydroxyl groups is 1. The highest BCUT2D eigenvalue weighted by Gasteiger charge is 2.55. The van der Waals surface area contributed by atoms with Gasteiger partial charge in [0.1, 0.15) is 0 Å². The van der Waals surface area contributed by atoms with Crippen molar-refractivity contribution in [3.8, 4) is 0 Å². The average Bonchev–Trinajstić information content (AvgIpc) is 3.11. The van der Waals surface area contributed by atoms with Gasteiger partial charge in [-0.2, -0.15) is 0 Å². The second-order valence-electron chi connectivity index (χ2n) is 6.36. The van der Waals surface area contributed by atoms with Crippen molar-refractivity contribution >= 4 is 23.9 Å². The lowest BCUT2D eigenvalue weighted by Crippen LogP contribution is -2.61. The summed E-state index contributed by atoms with van der Waals surface area (Å²) in [4.78, 5) is 47.4. The first-order valence-electron chi connectivity index (χ1n) is 8.94. The maximum absolute atomic E-state index is 12.3. The Kier molecular flexibility index (Phi) is 7.83. The van der Waals surface area contributed by atoms with E-state index in [1.165, 1.54) is 6.20 Å². The van der Waals surface area contributed by atoms with E-state index < -0.39 is 54.5 Å². The van der Waals surface area contributed by atoms with Crippen LogP contribution in [-0.4, -0.2) is 82.1 Å². The number of ether oxygens (including phenoxy) is 5. The molecule has 1 fully saturated rings. The molecule has 0 amide bonds. The Labute approximate surface area is 171 Å². The number of hydrogen-bond donors (Lipinski definition) is 1. The first-order valence-corrected chi connectivity index (χ1v) is 8.94. The molecule has 1 aliphatic rings. The van der Waals surface area contributed by atoms with Crippen LogP contribution in [0.25, 0.3) is 0 Å². The zero-order chi connectivity index (χ0) is 22.4. The maximum atomic E-state index is 12.3. The molecule has 1 aliphatic heterocycles. The molecule has 0 saturated carbocycles. The molecular weight excluding hydrogens is 406 g/mol. The van der Waals surface area contributed by atoms with Crippen LogP contribution in [0.1, 0.15) is 32.7 Å². The van der Waals surface area contributed by atoms with Crippen molar-refractivity contribution in [1.82, 2.24) is 15.0 Å². The van der Waals surface area contributed by atoms with Gasteiger partial charge >= 0.3 is 23.9 Å². The topological polar surface area (TPSA) is 165 Å². The molecule has 0 aromatic carbocycles. The second kappa shape index (κ2) is 10.1. The summed E-state index contributed by atoms with van der Waals surface area (Å²) in [6.07, 6.45) is -5.43. The fourth-order valence-electron chi connectivity index (χ4n) is 2.98. The van der Waals surface area contributed by atoms with Crippen LogP contribution in [0, 0.1) is 0 Å². The molecule has 1 N–H and O–H groups in total. The van der Waals surface area contributed by atoms with Crippen molar-refractivity contribution in [3.05, 3.63) is 11.9 Å². The van der Waals surface area contributed by atoms with Crippen LogP contribution < -0.4 is 0 Å². The van der Waals surface area contributed by atoms with E-state index in [2.05, 4.69) is 10.3 Å². The monoisotopic (exact) mass is 429 g/mol. The van der Waals surface area contributed by atoms with Gasteiger partial charge in [-0.3, -0.25) is 14.4 Å². The molecule has 2 rings (SSSR count). The molecule has 2 heterocycles. The summed E-state index contributed by atoms with van der Waals surface area (Å²) in [6, 6.07) is 0. The van der Waals surface area contributed by atoms with Gasteiger partial charge in [-0.1, -0.05) is 5.21 Å². The third kappa shape index (κ3) is 5.51. The van der Waals surface area contributed by atoms with E-state index in [1.54, 1.807) is 0 Å². The summed E-state index contributed by atoms with van der Waals surface area (Å²) in [7, 11) is 1.10. The lowest BCUT2D eigenvalue weighted by molar-refractivity contribution is -0.265. The lowest BCUT2D eigenvalue weighted by atomic mass is 9.97. The molecule has 166 valence electrons. The van der Waals surface area contributed by atoms with Crippen LogP contribution in [0.15, 0.2) is 6.20 Å². The molecular formula is C17H23N3O10. The van der Waals surface area contributed by atoms with E-state index in [0.717, 1.165) is 32.6 Å². The van der Waals surface area contributed by atoms with Gasteiger partial charge in [0.05, 0.1) is 19.0 Å². The van der Waals surface area contributed by atoms with Crippen molar-refractivity contribution < 1.29 is 48.0 Å². The molecule has 13 nitrogen and oxygen atoms in total. The van der Waals surface area contributed by atoms with E-state index in [-0.39, 0.29) is 13.0 Å². The minimum atomic E-state index is -1.52. The quantitative estimate of drug-likeness (QED) is 0.402. The van der Waals surface area contributed by atoms with Crippen LogP contribution in [-0.2, 0) is 49.3 Å². The maximum Gasteiger partial charge on any atom is 0.339 e. The molecule has 1 aromatic heterocycles. The minimum absolute atomic E-state index is 0.188. The fourth-order valence-corrected chi connectivity index (χ4v) is 2.98. The number of rotatable bonds is 7. The molecule has 13 heteroatoms. The molecule has 1 aromatic rings. The van der Waals surface area contributed by atoms with Gasteiger partial charge < -0.3 is 28.8 Å². The summed E-state index contributed by atoms with van der Waals surface area (Å²) >= 11 is 0. The standard InChI is InChI=1S/C17H23N3O10/c1-8(22)27-12-13(28-9(2)23)15(17(25)26-4)30-16(14(12)29-10(3)24)20-7-11(5-6-21)18-19-20/h7,12-16,21H,5-6H2,1-4H3/t12?,13?,14?,15-,16-/m0/s1. The van der Waals surface area contributed by atoms with E-state index in [4.69, 9.17) is 28.8 Å². The van der Waals surface area contributed by atoms with Crippen LogP contribution >= 0.6 is 0 Å². The first kappa shape index (κ1) is 23.2. The smallest absolute Gasteiger partial charge is 0.339 e. The highest BCUT2D eigenvalue weighted by Crippen LogP contribution is 2.34. The van der Waals surface area contributed by atoms with E-state index in [0.29, 0.717) is 5.69 Å². The summed E-state index contributed by atoms with van der Waals surface area (Å²) in [5.74, 6) is -3.24. The number of aliphatic hydroxyl groups excluding tert-OH is 1.